The van der Waals surface area contributed by atoms with Crippen molar-refractivity contribution in [2.24, 2.45) is 0 Å². The van der Waals surface area contributed by atoms with Gasteiger partial charge in [0.25, 0.3) is 0 Å². The molecule has 0 spiro atoms. The predicted octanol–water partition coefficient (Wildman–Crippen LogP) is 3.62. The molecule has 2 fully saturated rings. The fourth-order valence-electron chi connectivity index (χ4n) is 3.91. The van der Waals surface area contributed by atoms with Crippen LogP contribution in [0.5, 0.6) is 0 Å². The van der Waals surface area contributed by atoms with Crippen molar-refractivity contribution >= 4 is 6.09 Å². The van der Waals surface area contributed by atoms with Gasteiger partial charge in [-0.1, -0.05) is 36.2 Å². The van der Waals surface area contributed by atoms with E-state index in [0.29, 0.717) is 12.6 Å². The zero-order valence-corrected chi connectivity index (χ0v) is 14.9. The Morgan fingerprint density at radius 2 is 1.88 bits per heavy atom. The Balaban J connectivity index is 1.37. The van der Waals surface area contributed by atoms with E-state index in [-0.39, 0.29) is 6.09 Å². The van der Waals surface area contributed by atoms with E-state index in [0.717, 1.165) is 32.4 Å². The Morgan fingerprint density at radius 1 is 1.12 bits per heavy atom. The lowest BCUT2D eigenvalue weighted by atomic mass is 10.0. The molecule has 0 bridgehead atoms. The van der Waals surface area contributed by atoms with Crippen molar-refractivity contribution < 1.29 is 9.53 Å². The van der Waals surface area contributed by atoms with Crippen molar-refractivity contribution in [1.82, 2.24) is 9.80 Å². The first-order valence-corrected chi connectivity index (χ1v) is 9.44. The highest BCUT2D eigenvalue weighted by Crippen LogP contribution is 2.21. The fraction of sp³-hybridized carbons (Fsp3) is 0.650. The second-order valence-corrected chi connectivity index (χ2v) is 7.17. The highest BCUT2D eigenvalue weighted by Gasteiger charge is 2.28. The van der Waals surface area contributed by atoms with E-state index >= 15 is 0 Å². The number of hydrogen-bond donors (Lipinski definition) is 0. The molecule has 1 amide bonds. The second kappa shape index (κ2) is 8.52. The van der Waals surface area contributed by atoms with Crippen LogP contribution in [0.2, 0.25) is 0 Å². The van der Waals surface area contributed by atoms with Gasteiger partial charge in [0, 0.05) is 25.6 Å². The van der Waals surface area contributed by atoms with Gasteiger partial charge in [-0.05, 0) is 51.3 Å². The first kappa shape index (κ1) is 17.3. The number of aryl methyl sites for hydroxylation is 1. The number of benzene rings is 1. The van der Waals surface area contributed by atoms with Gasteiger partial charge in [-0.2, -0.15) is 0 Å². The summed E-state index contributed by atoms with van der Waals surface area (Å²) < 4.78 is 5.48. The molecule has 0 N–H and O–H groups in total. The summed E-state index contributed by atoms with van der Waals surface area (Å²) >= 11 is 0. The van der Waals surface area contributed by atoms with Crippen LogP contribution in [-0.2, 0) is 11.2 Å². The molecule has 4 nitrogen and oxygen atoms in total. The van der Waals surface area contributed by atoms with Crippen LogP contribution >= 0.6 is 0 Å². The van der Waals surface area contributed by atoms with Crippen LogP contribution in [0.4, 0.5) is 4.79 Å². The van der Waals surface area contributed by atoms with Crippen molar-refractivity contribution in [3.63, 3.8) is 0 Å². The van der Waals surface area contributed by atoms with Crippen molar-refractivity contribution in [2.45, 2.75) is 51.5 Å². The third-order valence-electron chi connectivity index (χ3n) is 5.33. The highest BCUT2D eigenvalue weighted by atomic mass is 16.6. The molecule has 3 rings (SSSR count). The number of rotatable bonds is 4. The Kier molecular flexibility index (Phi) is 6.13. The lowest BCUT2D eigenvalue weighted by molar-refractivity contribution is 0.0667. The van der Waals surface area contributed by atoms with E-state index in [1.807, 2.05) is 4.90 Å². The second-order valence-electron chi connectivity index (χ2n) is 7.17. The molecule has 0 atom stereocenters. The van der Waals surface area contributed by atoms with E-state index in [9.17, 15) is 4.79 Å². The number of carbonyl (C=O) groups is 1. The minimum Gasteiger partial charge on any atom is -0.449 e. The van der Waals surface area contributed by atoms with Crippen molar-refractivity contribution in [3.05, 3.63) is 35.4 Å². The van der Waals surface area contributed by atoms with Crippen LogP contribution in [-0.4, -0.2) is 54.7 Å². The maximum Gasteiger partial charge on any atom is 0.409 e. The van der Waals surface area contributed by atoms with Gasteiger partial charge in [0.05, 0.1) is 6.61 Å². The fourth-order valence-corrected chi connectivity index (χ4v) is 3.91. The van der Waals surface area contributed by atoms with E-state index < -0.39 is 0 Å². The lowest BCUT2D eigenvalue weighted by Crippen LogP contribution is -2.48. The summed E-state index contributed by atoms with van der Waals surface area (Å²) in [5.41, 5.74) is 2.48. The van der Waals surface area contributed by atoms with Gasteiger partial charge >= 0.3 is 6.09 Å². The molecule has 0 aromatic heterocycles. The van der Waals surface area contributed by atoms with Crippen molar-refractivity contribution in [2.75, 3.05) is 32.8 Å². The number of ether oxygens (including phenoxy) is 1. The Hall–Kier alpha value is -1.55. The minimum absolute atomic E-state index is 0.139. The molecule has 24 heavy (non-hydrogen) atoms. The molecule has 0 aliphatic carbocycles. The molecule has 2 aliphatic heterocycles. The molecule has 0 saturated carbocycles. The summed E-state index contributed by atoms with van der Waals surface area (Å²) in [6, 6.07) is 9.05. The quantitative estimate of drug-likeness (QED) is 0.845. The SMILES string of the molecule is Cc1cccc(CCOC(=O)N2CCC(N3CCCCC3)CC2)c1. The zero-order chi connectivity index (χ0) is 16.8. The van der Waals surface area contributed by atoms with Gasteiger partial charge < -0.3 is 14.5 Å². The summed E-state index contributed by atoms with van der Waals surface area (Å²) in [7, 11) is 0. The normalized spacial score (nSPS) is 20.1. The van der Waals surface area contributed by atoms with Gasteiger partial charge in [-0.25, -0.2) is 4.79 Å². The van der Waals surface area contributed by atoms with Crippen LogP contribution in [0.3, 0.4) is 0 Å². The highest BCUT2D eigenvalue weighted by molar-refractivity contribution is 5.67. The van der Waals surface area contributed by atoms with Gasteiger partial charge in [-0.15, -0.1) is 0 Å². The maximum atomic E-state index is 12.2. The first-order chi connectivity index (χ1) is 11.7. The largest absolute Gasteiger partial charge is 0.449 e. The topological polar surface area (TPSA) is 32.8 Å². The standard InChI is InChI=1S/C20H30N2O2/c1-17-6-5-7-18(16-17)10-15-24-20(23)22-13-8-19(9-14-22)21-11-3-2-4-12-21/h5-7,16,19H,2-4,8-15H2,1H3. The molecule has 2 saturated heterocycles. The van der Waals surface area contributed by atoms with Crippen LogP contribution in [0.1, 0.15) is 43.2 Å². The molecule has 2 heterocycles. The molecule has 4 heteroatoms. The number of carbonyl (C=O) groups excluding carboxylic acids is 1. The summed E-state index contributed by atoms with van der Waals surface area (Å²) in [6.07, 6.45) is 6.88. The number of amides is 1. The zero-order valence-electron chi connectivity index (χ0n) is 14.9. The Bertz CT molecular complexity index is 532. The Morgan fingerprint density at radius 3 is 2.58 bits per heavy atom. The number of likely N-dealkylation sites (tertiary alicyclic amines) is 2. The molecule has 1 aromatic carbocycles. The molecule has 0 radical (unpaired) electrons. The minimum atomic E-state index is -0.139. The first-order valence-electron chi connectivity index (χ1n) is 9.44. The third-order valence-corrected chi connectivity index (χ3v) is 5.33. The van der Waals surface area contributed by atoms with Crippen molar-refractivity contribution in [3.8, 4) is 0 Å². The number of nitrogens with zero attached hydrogens (tertiary/aromatic N) is 2. The average molecular weight is 330 g/mol. The molecule has 2 aliphatic rings. The third kappa shape index (κ3) is 4.73. The Labute approximate surface area is 145 Å². The number of hydrogen-bond acceptors (Lipinski definition) is 3. The smallest absolute Gasteiger partial charge is 0.409 e. The molecule has 0 unspecified atom stereocenters. The van der Waals surface area contributed by atoms with Crippen LogP contribution in [0.15, 0.2) is 24.3 Å². The van der Waals surface area contributed by atoms with E-state index in [1.54, 1.807) is 0 Å². The van der Waals surface area contributed by atoms with Crippen LogP contribution in [0, 0.1) is 6.92 Å². The lowest BCUT2D eigenvalue weighted by Gasteiger charge is -2.39. The molecule has 132 valence electrons. The van der Waals surface area contributed by atoms with Crippen LogP contribution < -0.4 is 0 Å². The molecular weight excluding hydrogens is 300 g/mol. The summed E-state index contributed by atoms with van der Waals surface area (Å²) in [5.74, 6) is 0. The molecule has 1 aromatic rings. The average Bonchev–Trinajstić information content (AvgIpc) is 2.63. The van der Waals surface area contributed by atoms with E-state index in [2.05, 4.69) is 36.1 Å². The number of piperidine rings is 2. The van der Waals surface area contributed by atoms with Gasteiger partial charge in [-0.3, -0.25) is 0 Å². The van der Waals surface area contributed by atoms with Gasteiger partial charge in [0.1, 0.15) is 0 Å². The van der Waals surface area contributed by atoms with Gasteiger partial charge in [0.2, 0.25) is 0 Å². The van der Waals surface area contributed by atoms with Crippen LogP contribution in [0.25, 0.3) is 0 Å². The summed E-state index contributed by atoms with van der Waals surface area (Å²) in [6.45, 7) is 6.71. The molecular formula is C20H30N2O2. The van der Waals surface area contributed by atoms with E-state index in [1.165, 1.54) is 43.5 Å². The van der Waals surface area contributed by atoms with Gasteiger partial charge in [0.15, 0.2) is 0 Å². The summed E-state index contributed by atoms with van der Waals surface area (Å²) in [4.78, 5) is 16.7. The van der Waals surface area contributed by atoms with E-state index in [4.69, 9.17) is 4.74 Å². The van der Waals surface area contributed by atoms with Crippen molar-refractivity contribution in [1.29, 1.82) is 0 Å². The monoisotopic (exact) mass is 330 g/mol. The summed E-state index contributed by atoms with van der Waals surface area (Å²) in [5, 5.41) is 0. The predicted molar refractivity (Wildman–Crippen MR) is 96.3 cm³/mol. The maximum absolute atomic E-state index is 12.2.